The van der Waals surface area contributed by atoms with Gasteiger partial charge in [-0.25, -0.2) is 0 Å². The Morgan fingerprint density at radius 2 is 1.83 bits per heavy atom. The van der Waals surface area contributed by atoms with Crippen LogP contribution in [0, 0.1) is 0 Å². The average Bonchev–Trinajstić information content (AvgIpc) is 2.73. The Balaban J connectivity index is 1.43. The van der Waals surface area contributed by atoms with Gasteiger partial charge >= 0.3 is 0 Å². The van der Waals surface area contributed by atoms with E-state index in [1.165, 1.54) is 36.0 Å². The molecule has 5 heteroatoms. The number of rotatable bonds is 9. The maximum absolute atomic E-state index is 12.4. The van der Waals surface area contributed by atoms with Crippen LogP contribution < -0.4 is 14.8 Å². The Bertz CT molecular complexity index is 822. The molecule has 0 radical (unpaired) electrons. The number of nitrogens with one attached hydrogen (secondary N) is 1. The Labute approximate surface area is 174 Å². The van der Waals surface area contributed by atoms with Gasteiger partial charge in [-0.1, -0.05) is 30.3 Å². The van der Waals surface area contributed by atoms with Crippen LogP contribution in [0.15, 0.2) is 42.5 Å². The second-order valence-electron chi connectivity index (χ2n) is 7.76. The van der Waals surface area contributed by atoms with Crippen LogP contribution in [0.5, 0.6) is 11.5 Å². The number of nitrogens with zero attached hydrogens (tertiary/aromatic N) is 1. The van der Waals surface area contributed by atoms with Gasteiger partial charge in [-0.05, 0) is 68.5 Å². The summed E-state index contributed by atoms with van der Waals surface area (Å²) >= 11 is 0. The summed E-state index contributed by atoms with van der Waals surface area (Å²) in [6.45, 7) is 3.53. The maximum Gasteiger partial charge on any atom is 0.234 e. The molecule has 0 saturated carbocycles. The lowest BCUT2D eigenvalue weighted by Crippen LogP contribution is -2.38. The number of benzene rings is 2. The molecule has 1 amide bonds. The molecule has 1 aliphatic carbocycles. The molecule has 0 fully saturated rings. The molecule has 0 aliphatic heterocycles. The number of amides is 1. The van der Waals surface area contributed by atoms with E-state index in [9.17, 15) is 4.79 Å². The van der Waals surface area contributed by atoms with Crippen molar-refractivity contribution in [3.05, 3.63) is 59.2 Å². The molecule has 0 heterocycles. The zero-order valence-corrected chi connectivity index (χ0v) is 17.7. The lowest BCUT2D eigenvalue weighted by Gasteiger charge is -2.22. The number of fused-ring (bicyclic) bond motifs is 1. The van der Waals surface area contributed by atoms with E-state index < -0.39 is 0 Å². The number of carbonyl (C=O) groups excluding carboxylic acids is 1. The fourth-order valence-electron chi connectivity index (χ4n) is 3.77. The predicted octanol–water partition coefficient (Wildman–Crippen LogP) is 3.76. The van der Waals surface area contributed by atoms with E-state index in [-0.39, 0.29) is 11.9 Å². The average molecular weight is 397 g/mol. The Kier molecular flexibility index (Phi) is 7.53. The standard InChI is InChI=1S/C24H32N2O3/c1-18(20-13-12-19-8-4-5-9-21(19)16-20)25-24(27)17-26(2)14-15-29-23-11-7-6-10-22(23)28-3/h6-7,10-13,16,18H,4-5,8-9,14-15,17H2,1-3H3,(H,25,27). The molecule has 29 heavy (non-hydrogen) atoms. The van der Waals surface area contributed by atoms with Gasteiger partial charge in [-0.15, -0.1) is 0 Å². The first-order valence-corrected chi connectivity index (χ1v) is 10.4. The fourth-order valence-corrected chi connectivity index (χ4v) is 3.77. The third kappa shape index (κ3) is 5.97. The quantitative estimate of drug-likeness (QED) is 0.701. The highest BCUT2D eigenvalue weighted by atomic mass is 16.5. The predicted molar refractivity (Wildman–Crippen MR) is 116 cm³/mol. The van der Waals surface area contributed by atoms with Crippen LogP contribution in [0.2, 0.25) is 0 Å². The van der Waals surface area contributed by atoms with Crippen LogP contribution >= 0.6 is 0 Å². The minimum absolute atomic E-state index is 0.00737. The largest absolute Gasteiger partial charge is 0.493 e. The molecule has 5 nitrogen and oxygen atoms in total. The van der Waals surface area contributed by atoms with E-state index in [0.29, 0.717) is 31.2 Å². The summed E-state index contributed by atoms with van der Waals surface area (Å²) in [4.78, 5) is 14.4. The molecule has 3 rings (SSSR count). The van der Waals surface area contributed by atoms with Crippen molar-refractivity contribution in [2.75, 3.05) is 33.9 Å². The lowest BCUT2D eigenvalue weighted by molar-refractivity contribution is -0.122. The highest BCUT2D eigenvalue weighted by molar-refractivity contribution is 5.78. The number of ether oxygens (including phenoxy) is 2. The van der Waals surface area contributed by atoms with E-state index in [2.05, 4.69) is 23.5 Å². The highest BCUT2D eigenvalue weighted by Gasteiger charge is 2.15. The number of aryl methyl sites for hydroxylation is 2. The number of likely N-dealkylation sites (N-methyl/N-ethyl adjacent to an activating group) is 1. The van der Waals surface area contributed by atoms with Gasteiger partial charge < -0.3 is 14.8 Å². The SMILES string of the molecule is COc1ccccc1OCCN(C)CC(=O)NC(C)c1ccc2c(c1)CCCC2. The Morgan fingerprint density at radius 3 is 2.59 bits per heavy atom. The summed E-state index contributed by atoms with van der Waals surface area (Å²) in [5.74, 6) is 1.45. The van der Waals surface area contributed by atoms with Crippen molar-refractivity contribution in [2.24, 2.45) is 0 Å². The van der Waals surface area contributed by atoms with Gasteiger partial charge in [0.15, 0.2) is 11.5 Å². The number of hydrogen-bond acceptors (Lipinski definition) is 4. The van der Waals surface area contributed by atoms with Gasteiger partial charge in [-0.2, -0.15) is 0 Å². The van der Waals surface area contributed by atoms with Crippen molar-refractivity contribution in [1.29, 1.82) is 0 Å². The Morgan fingerprint density at radius 1 is 1.10 bits per heavy atom. The molecule has 2 aromatic carbocycles. The van der Waals surface area contributed by atoms with Gasteiger partial charge in [-0.3, -0.25) is 9.69 Å². The molecule has 1 unspecified atom stereocenters. The molecule has 1 aliphatic rings. The van der Waals surface area contributed by atoms with Crippen molar-refractivity contribution in [3.8, 4) is 11.5 Å². The van der Waals surface area contributed by atoms with Crippen LogP contribution in [-0.4, -0.2) is 44.7 Å². The normalized spacial score (nSPS) is 14.2. The second kappa shape index (κ2) is 10.3. The first kappa shape index (κ1) is 21.2. The number of methoxy groups -OCH3 is 1. The van der Waals surface area contributed by atoms with Gasteiger partial charge in [0, 0.05) is 6.54 Å². The molecular weight excluding hydrogens is 364 g/mol. The van der Waals surface area contributed by atoms with Gasteiger partial charge in [0.2, 0.25) is 5.91 Å². The summed E-state index contributed by atoms with van der Waals surface area (Å²) in [7, 11) is 3.55. The van der Waals surface area contributed by atoms with Crippen molar-refractivity contribution in [3.63, 3.8) is 0 Å². The molecule has 156 valence electrons. The van der Waals surface area contributed by atoms with Crippen molar-refractivity contribution < 1.29 is 14.3 Å². The summed E-state index contributed by atoms with van der Waals surface area (Å²) in [5, 5.41) is 3.12. The van der Waals surface area contributed by atoms with E-state index >= 15 is 0 Å². The molecule has 0 spiro atoms. The maximum atomic E-state index is 12.4. The third-order valence-electron chi connectivity index (χ3n) is 5.46. The second-order valence-corrected chi connectivity index (χ2v) is 7.76. The first-order valence-electron chi connectivity index (χ1n) is 10.4. The highest BCUT2D eigenvalue weighted by Crippen LogP contribution is 2.26. The minimum Gasteiger partial charge on any atom is -0.493 e. The minimum atomic E-state index is 0.00737. The van der Waals surface area contributed by atoms with E-state index in [1.807, 2.05) is 43.1 Å². The summed E-state index contributed by atoms with van der Waals surface area (Å²) in [6, 6.07) is 14.2. The number of carbonyl (C=O) groups is 1. The van der Waals surface area contributed by atoms with E-state index in [1.54, 1.807) is 7.11 Å². The number of hydrogen-bond donors (Lipinski definition) is 1. The fraction of sp³-hybridized carbons (Fsp3) is 0.458. The van der Waals surface area contributed by atoms with Crippen LogP contribution in [0.4, 0.5) is 0 Å². The monoisotopic (exact) mass is 396 g/mol. The summed E-state index contributed by atoms with van der Waals surface area (Å²) in [6.07, 6.45) is 4.88. The topological polar surface area (TPSA) is 50.8 Å². The molecule has 0 saturated heterocycles. The third-order valence-corrected chi connectivity index (χ3v) is 5.46. The molecule has 1 N–H and O–H groups in total. The summed E-state index contributed by atoms with van der Waals surface area (Å²) < 4.78 is 11.1. The van der Waals surface area contributed by atoms with Crippen molar-refractivity contribution in [2.45, 2.75) is 38.6 Å². The summed E-state index contributed by atoms with van der Waals surface area (Å²) in [5.41, 5.74) is 4.09. The molecule has 2 aromatic rings. The molecule has 0 aromatic heterocycles. The zero-order chi connectivity index (χ0) is 20.6. The molecule has 0 bridgehead atoms. The first-order chi connectivity index (χ1) is 14.1. The van der Waals surface area contributed by atoms with Gasteiger partial charge in [0.05, 0.1) is 19.7 Å². The van der Waals surface area contributed by atoms with Crippen molar-refractivity contribution >= 4 is 5.91 Å². The Hall–Kier alpha value is -2.53. The molecular formula is C24H32N2O3. The van der Waals surface area contributed by atoms with Crippen molar-refractivity contribution in [1.82, 2.24) is 10.2 Å². The number of para-hydroxylation sites is 2. The smallest absolute Gasteiger partial charge is 0.234 e. The molecule has 1 atom stereocenters. The van der Waals surface area contributed by atoms with E-state index in [0.717, 1.165) is 6.42 Å². The van der Waals surface area contributed by atoms with Gasteiger partial charge in [0.1, 0.15) is 6.61 Å². The van der Waals surface area contributed by atoms with Crippen LogP contribution in [0.1, 0.15) is 42.5 Å². The zero-order valence-electron chi connectivity index (χ0n) is 17.7. The van der Waals surface area contributed by atoms with Crippen LogP contribution in [-0.2, 0) is 17.6 Å². The van der Waals surface area contributed by atoms with E-state index in [4.69, 9.17) is 9.47 Å². The van der Waals surface area contributed by atoms with Crippen LogP contribution in [0.25, 0.3) is 0 Å². The van der Waals surface area contributed by atoms with Crippen LogP contribution in [0.3, 0.4) is 0 Å². The van der Waals surface area contributed by atoms with Gasteiger partial charge in [0.25, 0.3) is 0 Å². The lowest BCUT2D eigenvalue weighted by atomic mass is 9.89.